The Kier molecular flexibility index (Phi) is 4.90. The van der Waals surface area contributed by atoms with Crippen LogP contribution in [0.4, 0.5) is 14.5 Å². The molecule has 0 spiro atoms. The first kappa shape index (κ1) is 15.4. The van der Waals surface area contributed by atoms with E-state index in [0.29, 0.717) is 27.7 Å². The number of carbonyl (C=O) groups is 1. The SMILES string of the molecule is Nc1ccc(Br)c(C(=O)NCCc2cc(F)cc(F)c2)c1. The third-order valence-corrected chi connectivity index (χ3v) is 3.55. The number of nitrogens with two attached hydrogens (primary N) is 1. The molecular weight excluding hydrogens is 342 g/mol. The molecule has 0 saturated carbocycles. The van der Waals surface area contributed by atoms with Crippen molar-refractivity contribution in [2.75, 3.05) is 12.3 Å². The summed E-state index contributed by atoms with van der Waals surface area (Å²) in [6.45, 7) is 0.267. The van der Waals surface area contributed by atoms with Crippen LogP contribution in [0.15, 0.2) is 40.9 Å². The molecule has 0 aliphatic heterocycles. The molecule has 2 rings (SSSR count). The Morgan fingerprint density at radius 2 is 1.81 bits per heavy atom. The molecule has 0 atom stereocenters. The standard InChI is InChI=1S/C15H13BrF2N2O/c16-14-2-1-12(19)8-13(14)15(21)20-4-3-9-5-10(17)7-11(18)6-9/h1-2,5-8H,3-4,19H2,(H,20,21). The van der Waals surface area contributed by atoms with E-state index < -0.39 is 11.6 Å². The van der Waals surface area contributed by atoms with Crippen molar-refractivity contribution in [3.63, 3.8) is 0 Å². The van der Waals surface area contributed by atoms with Crippen molar-refractivity contribution in [3.05, 3.63) is 63.6 Å². The molecule has 0 bridgehead atoms. The Morgan fingerprint density at radius 1 is 1.14 bits per heavy atom. The maximum atomic E-state index is 13.0. The van der Waals surface area contributed by atoms with Crippen LogP contribution in [-0.2, 0) is 6.42 Å². The van der Waals surface area contributed by atoms with Crippen LogP contribution >= 0.6 is 15.9 Å². The second-order valence-electron chi connectivity index (χ2n) is 4.52. The number of nitrogens with one attached hydrogen (secondary N) is 1. The first-order valence-electron chi connectivity index (χ1n) is 6.24. The Hall–Kier alpha value is -1.95. The second kappa shape index (κ2) is 6.67. The first-order chi connectivity index (χ1) is 9.95. The van der Waals surface area contributed by atoms with Gasteiger partial charge in [-0.1, -0.05) is 0 Å². The van der Waals surface area contributed by atoms with Gasteiger partial charge >= 0.3 is 0 Å². The molecular formula is C15H13BrF2N2O. The molecule has 21 heavy (non-hydrogen) atoms. The van der Waals surface area contributed by atoms with Gasteiger partial charge in [0.25, 0.3) is 5.91 Å². The number of hydrogen-bond acceptors (Lipinski definition) is 2. The average Bonchev–Trinajstić information content (AvgIpc) is 2.40. The largest absolute Gasteiger partial charge is 0.399 e. The molecule has 1 amide bonds. The molecule has 0 unspecified atom stereocenters. The van der Waals surface area contributed by atoms with Gasteiger partial charge in [0.2, 0.25) is 0 Å². The van der Waals surface area contributed by atoms with Crippen molar-refractivity contribution in [3.8, 4) is 0 Å². The average molecular weight is 355 g/mol. The summed E-state index contributed by atoms with van der Waals surface area (Å²) in [6.07, 6.45) is 0.334. The second-order valence-corrected chi connectivity index (χ2v) is 5.38. The minimum Gasteiger partial charge on any atom is -0.399 e. The lowest BCUT2D eigenvalue weighted by Gasteiger charge is -2.08. The number of rotatable bonds is 4. The predicted molar refractivity (Wildman–Crippen MR) is 80.9 cm³/mol. The van der Waals surface area contributed by atoms with E-state index >= 15 is 0 Å². The Morgan fingerprint density at radius 3 is 2.48 bits per heavy atom. The van der Waals surface area contributed by atoms with E-state index in [-0.39, 0.29) is 12.5 Å². The van der Waals surface area contributed by atoms with Crippen molar-refractivity contribution in [2.45, 2.75) is 6.42 Å². The highest BCUT2D eigenvalue weighted by atomic mass is 79.9. The monoisotopic (exact) mass is 354 g/mol. The minimum absolute atomic E-state index is 0.267. The summed E-state index contributed by atoms with van der Waals surface area (Å²) < 4.78 is 26.7. The number of anilines is 1. The van der Waals surface area contributed by atoms with Crippen LogP contribution in [0, 0.1) is 11.6 Å². The van der Waals surface area contributed by atoms with Gasteiger partial charge in [0.1, 0.15) is 11.6 Å². The lowest BCUT2D eigenvalue weighted by atomic mass is 10.1. The first-order valence-corrected chi connectivity index (χ1v) is 7.03. The molecule has 0 heterocycles. The number of benzene rings is 2. The highest BCUT2D eigenvalue weighted by Crippen LogP contribution is 2.19. The Labute approximate surface area is 129 Å². The van der Waals surface area contributed by atoms with E-state index in [1.54, 1.807) is 18.2 Å². The van der Waals surface area contributed by atoms with E-state index in [1.807, 2.05) is 0 Å². The van der Waals surface area contributed by atoms with Gasteiger partial charge in [-0.2, -0.15) is 0 Å². The van der Waals surface area contributed by atoms with Gasteiger partial charge in [0.05, 0.1) is 5.56 Å². The summed E-state index contributed by atoms with van der Waals surface area (Å²) in [6, 6.07) is 8.22. The van der Waals surface area contributed by atoms with Gasteiger partial charge in [-0.3, -0.25) is 4.79 Å². The van der Waals surface area contributed by atoms with Gasteiger partial charge < -0.3 is 11.1 Å². The molecule has 3 nitrogen and oxygen atoms in total. The fraction of sp³-hybridized carbons (Fsp3) is 0.133. The van der Waals surface area contributed by atoms with Gasteiger partial charge in [0.15, 0.2) is 0 Å². The molecule has 0 aromatic heterocycles. The number of amides is 1. The topological polar surface area (TPSA) is 55.1 Å². The molecule has 3 N–H and O–H groups in total. The summed E-state index contributed by atoms with van der Waals surface area (Å²) in [4.78, 5) is 12.0. The smallest absolute Gasteiger partial charge is 0.252 e. The number of carbonyl (C=O) groups excluding carboxylic acids is 1. The fourth-order valence-corrected chi connectivity index (χ4v) is 2.31. The Bertz CT molecular complexity index is 656. The highest BCUT2D eigenvalue weighted by molar-refractivity contribution is 9.10. The summed E-state index contributed by atoms with van der Waals surface area (Å²) in [5.41, 5.74) is 7.02. The molecule has 110 valence electrons. The van der Waals surface area contributed by atoms with E-state index in [2.05, 4.69) is 21.2 Å². The van der Waals surface area contributed by atoms with E-state index in [1.165, 1.54) is 12.1 Å². The summed E-state index contributed by atoms with van der Waals surface area (Å²) in [7, 11) is 0. The van der Waals surface area contributed by atoms with Crippen LogP contribution in [0.3, 0.4) is 0 Å². The van der Waals surface area contributed by atoms with Crippen LogP contribution in [-0.4, -0.2) is 12.5 Å². The summed E-state index contributed by atoms with van der Waals surface area (Å²) in [5.74, 6) is -1.56. The van der Waals surface area contributed by atoms with Crippen LogP contribution < -0.4 is 11.1 Å². The van der Waals surface area contributed by atoms with Crippen molar-refractivity contribution in [2.24, 2.45) is 0 Å². The molecule has 0 fully saturated rings. The normalized spacial score (nSPS) is 10.4. The molecule has 2 aromatic carbocycles. The van der Waals surface area contributed by atoms with Crippen molar-refractivity contribution >= 4 is 27.5 Å². The fourth-order valence-electron chi connectivity index (χ4n) is 1.89. The zero-order chi connectivity index (χ0) is 15.4. The van der Waals surface area contributed by atoms with Crippen LogP contribution in [0.25, 0.3) is 0 Å². The minimum atomic E-state index is -0.630. The summed E-state index contributed by atoms with van der Waals surface area (Å²) in [5, 5.41) is 2.69. The van der Waals surface area contributed by atoms with Gasteiger partial charge in [0, 0.05) is 22.8 Å². The molecule has 0 radical (unpaired) electrons. The van der Waals surface area contributed by atoms with Gasteiger partial charge in [-0.15, -0.1) is 0 Å². The van der Waals surface area contributed by atoms with E-state index in [0.717, 1.165) is 6.07 Å². The zero-order valence-corrected chi connectivity index (χ0v) is 12.6. The van der Waals surface area contributed by atoms with Crippen LogP contribution in [0.5, 0.6) is 0 Å². The number of hydrogen-bond donors (Lipinski definition) is 2. The number of halogens is 3. The van der Waals surface area contributed by atoms with E-state index in [4.69, 9.17) is 5.73 Å². The van der Waals surface area contributed by atoms with E-state index in [9.17, 15) is 13.6 Å². The van der Waals surface area contributed by atoms with Crippen molar-refractivity contribution < 1.29 is 13.6 Å². The highest BCUT2D eigenvalue weighted by Gasteiger charge is 2.10. The molecule has 6 heteroatoms. The molecule has 2 aromatic rings. The third-order valence-electron chi connectivity index (χ3n) is 2.86. The molecule has 0 aliphatic rings. The lowest BCUT2D eigenvalue weighted by Crippen LogP contribution is -2.26. The zero-order valence-electron chi connectivity index (χ0n) is 11.0. The quantitative estimate of drug-likeness (QED) is 0.827. The van der Waals surface area contributed by atoms with Gasteiger partial charge in [-0.25, -0.2) is 8.78 Å². The summed E-state index contributed by atoms with van der Waals surface area (Å²) >= 11 is 3.27. The molecule has 0 aliphatic carbocycles. The van der Waals surface area contributed by atoms with Gasteiger partial charge in [-0.05, 0) is 58.2 Å². The van der Waals surface area contributed by atoms with Crippen molar-refractivity contribution in [1.29, 1.82) is 0 Å². The van der Waals surface area contributed by atoms with Crippen LogP contribution in [0.1, 0.15) is 15.9 Å². The lowest BCUT2D eigenvalue weighted by molar-refractivity contribution is 0.0953. The third kappa shape index (κ3) is 4.26. The molecule has 0 saturated heterocycles. The number of nitrogen functional groups attached to an aromatic ring is 1. The van der Waals surface area contributed by atoms with Crippen molar-refractivity contribution in [1.82, 2.24) is 5.32 Å². The maximum absolute atomic E-state index is 13.0. The maximum Gasteiger partial charge on any atom is 0.252 e. The predicted octanol–water partition coefficient (Wildman–Crippen LogP) is 3.28. The Balaban J connectivity index is 1.96. The van der Waals surface area contributed by atoms with Crippen LogP contribution in [0.2, 0.25) is 0 Å².